The molecule has 20 heavy (non-hydrogen) atoms. The van der Waals surface area contributed by atoms with Crippen LogP contribution in [-0.4, -0.2) is 9.91 Å². The van der Waals surface area contributed by atoms with Crippen molar-refractivity contribution in [3.05, 3.63) is 61.7 Å². The fraction of sp³-hybridized carbons (Fsp3) is 0.214. The maximum Gasteiger partial charge on any atom is 0.272 e. The lowest BCUT2D eigenvalue weighted by atomic mass is 10.1. The monoisotopic (exact) mass is 335 g/mol. The highest BCUT2D eigenvalue weighted by Gasteiger charge is 2.12. The number of nitro benzene ring substituents is 1. The van der Waals surface area contributed by atoms with Crippen LogP contribution in [-0.2, 0) is 6.54 Å². The van der Waals surface area contributed by atoms with E-state index in [0.717, 1.165) is 21.4 Å². The molecule has 0 bridgehead atoms. The van der Waals surface area contributed by atoms with Gasteiger partial charge in [0.15, 0.2) is 0 Å². The molecular weight excluding hydrogens is 322 g/mol. The third kappa shape index (κ3) is 3.14. The van der Waals surface area contributed by atoms with Gasteiger partial charge in [-0.3, -0.25) is 10.1 Å². The van der Waals surface area contributed by atoms with E-state index in [4.69, 9.17) is 0 Å². The van der Waals surface area contributed by atoms with Gasteiger partial charge >= 0.3 is 0 Å². The molecule has 0 atom stereocenters. The summed E-state index contributed by atoms with van der Waals surface area (Å²) in [6.07, 6.45) is 1.73. The minimum atomic E-state index is -0.360. The summed E-state index contributed by atoms with van der Waals surface area (Å²) in [5.41, 5.74) is 2.79. The lowest BCUT2D eigenvalue weighted by Gasteiger charge is -2.09. The van der Waals surface area contributed by atoms with E-state index in [0.29, 0.717) is 12.1 Å². The predicted octanol–water partition coefficient (Wildman–Crippen LogP) is 3.98. The van der Waals surface area contributed by atoms with Crippen molar-refractivity contribution in [1.82, 2.24) is 4.98 Å². The van der Waals surface area contributed by atoms with Crippen LogP contribution in [0.3, 0.4) is 0 Å². The van der Waals surface area contributed by atoms with E-state index in [-0.39, 0.29) is 10.6 Å². The van der Waals surface area contributed by atoms with E-state index in [2.05, 4.69) is 26.2 Å². The van der Waals surface area contributed by atoms with Crippen LogP contribution in [0.5, 0.6) is 0 Å². The number of aryl methyl sites for hydroxylation is 1. The van der Waals surface area contributed by atoms with Crippen LogP contribution in [0.25, 0.3) is 0 Å². The Morgan fingerprint density at radius 1 is 1.40 bits per heavy atom. The molecule has 0 fully saturated rings. The summed E-state index contributed by atoms with van der Waals surface area (Å²) in [4.78, 5) is 14.8. The number of halogens is 1. The van der Waals surface area contributed by atoms with Crippen molar-refractivity contribution in [2.75, 3.05) is 5.32 Å². The number of nitrogens with one attached hydrogen (secondary N) is 1. The summed E-state index contributed by atoms with van der Waals surface area (Å²) in [7, 11) is 0. The fourth-order valence-corrected chi connectivity index (χ4v) is 2.10. The molecule has 5 nitrogen and oxygen atoms in total. The fourth-order valence-electron chi connectivity index (χ4n) is 1.88. The number of nitro groups is 1. The van der Waals surface area contributed by atoms with E-state index in [1.807, 2.05) is 19.1 Å². The van der Waals surface area contributed by atoms with E-state index >= 15 is 0 Å². The van der Waals surface area contributed by atoms with Crippen LogP contribution in [0, 0.1) is 24.0 Å². The Kier molecular flexibility index (Phi) is 4.34. The largest absolute Gasteiger partial charge is 0.366 e. The Balaban J connectivity index is 2.17. The normalized spacial score (nSPS) is 10.3. The highest BCUT2D eigenvalue weighted by Crippen LogP contribution is 2.22. The molecular formula is C14H14BrN3O2. The lowest BCUT2D eigenvalue weighted by molar-refractivity contribution is -0.385. The van der Waals surface area contributed by atoms with Crippen molar-refractivity contribution in [1.29, 1.82) is 0 Å². The summed E-state index contributed by atoms with van der Waals surface area (Å²) < 4.78 is 0.953. The number of pyridine rings is 1. The zero-order valence-corrected chi connectivity index (χ0v) is 12.8. The molecule has 2 aromatic rings. The van der Waals surface area contributed by atoms with Crippen molar-refractivity contribution in [2.45, 2.75) is 20.4 Å². The molecule has 0 spiro atoms. The Morgan fingerprint density at radius 3 is 2.80 bits per heavy atom. The van der Waals surface area contributed by atoms with Crippen LogP contribution in [0.2, 0.25) is 0 Å². The van der Waals surface area contributed by atoms with Crippen LogP contribution >= 0.6 is 15.9 Å². The average molecular weight is 336 g/mol. The third-order valence-corrected chi connectivity index (χ3v) is 3.95. The number of hydrogen-bond acceptors (Lipinski definition) is 4. The SMILES string of the molecule is Cc1cc(NCc2cccc([N+](=O)[O-])c2C)ncc1Br. The molecule has 0 saturated carbocycles. The predicted molar refractivity (Wildman–Crippen MR) is 81.8 cm³/mol. The molecule has 0 radical (unpaired) electrons. The summed E-state index contributed by atoms with van der Waals surface area (Å²) in [5, 5.41) is 14.1. The third-order valence-electron chi connectivity index (χ3n) is 3.12. The quantitative estimate of drug-likeness (QED) is 0.677. The molecule has 6 heteroatoms. The minimum Gasteiger partial charge on any atom is -0.366 e. The van der Waals surface area contributed by atoms with Gasteiger partial charge in [-0.05, 0) is 47.0 Å². The Morgan fingerprint density at radius 2 is 2.15 bits per heavy atom. The van der Waals surface area contributed by atoms with Gasteiger partial charge in [-0.1, -0.05) is 12.1 Å². The molecule has 1 N–H and O–H groups in total. The van der Waals surface area contributed by atoms with Gasteiger partial charge in [0.1, 0.15) is 5.82 Å². The molecule has 0 aliphatic rings. The van der Waals surface area contributed by atoms with E-state index in [1.165, 1.54) is 6.07 Å². The van der Waals surface area contributed by atoms with Crippen LogP contribution < -0.4 is 5.32 Å². The van der Waals surface area contributed by atoms with E-state index in [9.17, 15) is 10.1 Å². The summed E-state index contributed by atoms with van der Waals surface area (Å²) in [5.74, 6) is 0.747. The number of hydrogen-bond donors (Lipinski definition) is 1. The first-order valence-electron chi connectivity index (χ1n) is 6.08. The molecule has 104 valence electrons. The second-order valence-electron chi connectivity index (χ2n) is 4.49. The molecule has 0 amide bonds. The van der Waals surface area contributed by atoms with Gasteiger partial charge in [-0.2, -0.15) is 0 Å². The number of benzene rings is 1. The van der Waals surface area contributed by atoms with Gasteiger partial charge in [0.05, 0.1) is 4.92 Å². The molecule has 1 heterocycles. The van der Waals surface area contributed by atoms with E-state index in [1.54, 1.807) is 19.2 Å². The number of aromatic nitrogens is 1. The van der Waals surface area contributed by atoms with Gasteiger partial charge in [0, 0.05) is 28.8 Å². The van der Waals surface area contributed by atoms with Crippen molar-refractivity contribution in [3.8, 4) is 0 Å². The maximum atomic E-state index is 10.9. The molecule has 1 aromatic carbocycles. The van der Waals surface area contributed by atoms with Crippen molar-refractivity contribution < 1.29 is 4.92 Å². The molecule has 0 aliphatic carbocycles. The summed E-state index contributed by atoms with van der Waals surface area (Å²) in [6, 6.07) is 7.01. The average Bonchev–Trinajstić information content (AvgIpc) is 2.41. The van der Waals surface area contributed by atoms with Crippen molar-refractivity contribution in [3.63, 3.8) is 0 Å². The number of nitrogens with zero attached hydrogens (tertiary/aromatic N) is 2. The first-order valence-corrected chi connectivity index (χ1v) is 6.87. The van der Waals surface area contributed by atoms with Crippen molar-refractivity contribution in [2.24, 2.45) is 0 Å². The Hall–Kier alpha value is -1.95. The molecule has 2 rings (SSSR count). The zero-order chi connectivity index (χ0) is 14.7. The number of anilines is 1. The minimum absolute atomic E-state index is 0.143. The smallest absolute Gasteiger partial charge is 0.272 e. The maximum absolute atomic E-state index is 10.9. The second kappa shape index (κ2) is 6.00. The molecule has 0 aliphatic heterocycles. The van der Waals surface area contributed by atoms with Crippen LogP contribution in [0.15, 0.2) is 34.9 Å². The Labute approximate surface area is 125 Å². The van der Waals surface area contributed by atoms with Crippen molar-refractivity contribution >= 4 is 27.4 Å². The zero-order valence-electron chi connectivity index (χ0n) is 11.2. The first-order chi connectivity index (χ1) is 9.49. The summed E-state index contributed by atoms with van der Waals surface area (Å²) in [6.45, 7) is 4.24. The van der Waals surface area contributed by atoms with E-state index < -0.39 is 0 Å². The highest BCUT2D eigenvalue weighted by molar-refractivity contribution is 9.10. The lowest BCUT2D eigenvalue weighted by Crippen LogP contribution is -2.04. The highest BCUT2D eigenvalue weighted by atomic mass is 79.9. The first kappa shape index (κ1) is 14.5. The van der Waals surface area contributed by atoms with Gasteiger partial charge in [-0.15, -0.1) is 0 Å². The standard InChI is InChI=1S/C14H14BrN3O2/c1-9-6-14(17-8-12(9)15)16-7-11-4-3-5-13(10(11)2)18(19)20/h3-6,8H,7H2,1-2H3,(H,16,17). The van der Waals surface area contributed by atoms with Gasteiger partial charge in [0.2, 0.25) is 0 Å². The second-order valence-corrected chi connectivity index (χ2v) is 5.34. The van der Waals surface area contributed by atoms with Crippen LogP contribution in [0.4, 0.5) is 11.5 Å². The molecule has 1 aromatic heterocycles. The number of rotatable bonds is 4. The molecule has 0 unspecified atom stereocenters. The Bertz CT molecular complexity index is 659. The topological polar surface area (TPSA) is 68.1 Å². The van der Waals surface area contributed by atoms with Gasteiger partial charge in [0.25, 0.3) is 5.69 Å². The van der Waals surface area contributed by atoms with Gasteiger partial charge in [-0.25, -0.2) is 4.98 Å². The molecule has 0 saturated heterocycles. The summed E-state index contributed by atoms with van der Waals surface area (Å²) >= 11 is 3.40. The van der Waals surface area contributed by atoms with Gasteiger partial charge < -0.3 is 5.32 Å². The van der Waals surface area contributed by atoms with Crippen LogP contribution in [0.1, 0.15) is 16.7 Å².